The van der Waals surface area contributed by atoms with Gasteiger partial charge in [-0.1, -0.05) is 151 Å². The SMILES string of the molecule is N#Cc1ccc2c(c1)C1(c3ccccc3S2)c2ccccc2-c2ccc(-c3ccc(-c4nc(-c5ccccc5)nc(-c5ccccc5)n4)cc3)cc21. The quantitative estimate of drug-likeness (QED) is 0.185. The zero-order chi connectivity index (χ0) is 34.6. The lowest BCUT2D eigenvalue weighted by Gasteiger charge is -2.39. The van der Waals surface area contributed by atoms with Gasteiger partial charge in [0, 0.05) is 26.5 Å². The van der Waals surface area contributed by atoms with Crippen LogP contribution >= 0.6 is 11.8 Å². The Morgan fingerprint density at radius 2 is 0.923 bits per heavy atom. The fourth-order valence-electron chi connectivity index (χ4n) is 7.90. The molecule has 2 heterocycles. The number of hydrogen-bond donors (Lipinski definition) is 0. The van der Waals surface area contributed by atoms with Crippen molar-refractivity contribution in [2.24, 2.45) is 0 Å². The zero-order valence-corrected chi connectivity index (χ0v) is 28.7. The molecule has 1 atom stereocenters. The molecule has 0 amide bonds. The first-order valence-electron chi connectivity index (χ1n) is 17.2. The van der Waals surface area contributed by atoms with Crippen molar-refractivity contribution in [3.05, 3.63) is 198 Å². The summed E-state index contributed by atoms with van der Waals surface area (Å²) >= 11 is 1.79. The minimum atomic E-state index is -0.557. The standard InChI is InChI=1S/C47H28N4S/c48-29-30-19-26-43-41(27-30)47(39-17-9-10-18-42(39)52-43)38-16-8-7-15-36(38)37-25-24-35(28-40(37)47)31-20-22-34(23-21-31)46-50-44(32-11-3-1-4-12-32)49-45(51-46)33-13-5-2-6-14-33/h1-28H. The predicted octanol–water partition coefficient (Wildman–Crippen LogP) is 11.2. The van der Waals surface area contributed by atoms with Crippen molar-refractivity contribution in [3.63, 3.8) is 0 Å². The van der Waals surface area contributed by atoms with Gasteiger partial charge in [0.05, 0.1) is 17.0 Å². The van der Waals surface area contributed by atoms with Crippen LogP contribution in [0.1, 0.15) is 27.8 Å². The largest absolute Gasteiger partial charge is 0.208 e. The van der Waals surface area contributed by atoms with E-state index in [0.717, 1.165) is 33.4 Å². The average molecular weight is 681 g/mol. The van der Waals surface area contributed by atoms with Crippen LogP contribution in [0.15, 0.2) is 180 Å². The molecule has 1 unspecified atom stereocenters. The van der Waals surface area contributed by atoms with Crippen LogP contribution in [0.3, 0.4) is 0 Å². The minimum absolute atomic E-state index is 0.557. The van der Waals surface area contributed by atoms with Gasteiger partial charge in [-0.25, -0.2) is 15.0 Å². The molecule has 1 aromatic heterocycles. The molecule has 0 saturated carbocycles. The maximum Gasteiger partial charge on any atom is 0.164 e. The van der Waals surface area contributed by atoms with Gasteiger partial charge in [0.25, 0.3) is 0 Å². The molecule has 1 aliphatic heterocycles. The summed E-state index contributed by atoms with van der Waals surface area (Å²) in [6.45, 7) is 0. The maximum absolute atomic E-state index is 10.0. The Labute approximate surface area is 306 Å². The zero-order valence-electron chi connectivity index (χ0n) is 27.9. The predicted molar refractivity (Wildman–Crippen MR) is 208 cm³/mol. The van der Waals surface area contributed by atoms with E-state index in [4.69, 9.17) is 15.0 Å². The van der Waals surface area contributed by atoms with Crippen LogP contribution in [0.2, 0.25) is 0 Å². The first-order valence-corrected chi connectivity index (χ1v) is 18.1. The van der Waals surface area contributed by atoms with Gasteiger partial charge in [-0.05, 0) is 74.8 Å². The number of nitriles is 1. The highest BCUT2D eigenvalue weighted by atomic mass is 32.2. The van der Waals surface area contributed by atoms with Crippen molar-refractivity contribution in [1.82, 2.24) is 15.0 Å². The second-order valence-corrected chi connectivity index (χ2v) is 14.2. The Hall–Kier alpha value is -6.61. The van der Waals surface area contributed by atoms with Crippen LogP contribution in [-0.2, 0) is 5.41 Å². The fraction of sp³-hybridized carbons (Fsp3) is 0.0213. The van der Waals surface area contributed by atoms with Crippen LogP contribution in [0.5, 0.6) is 0 Å². The molecule has 0 radical (unpaired) electrons. The lowest BCUT2D eigenvalue weighted by Crippen LogP contribution is -2.32. The highest BCUT2D eigenvalue weighted by molar-refractivity contribution is 7.99. The van der Waals surface area contributed by atoms with E-state index in [1.165, 1.54) is 37.6 Å². The van der Waals surface area contributed by atoms with E-state index < -0.39 is 5.41 Å². The number of aromatic nitrogens is 3. The summed E-state index contributed by atoms with van der Waals surface area (Å²) in [5.41, 5.74) is 12.5. The lowest BCUT2D eigenvalue weighted by molar-refractivity contribution is 0.722. The van der Waals surface area contributed by atoms with Crippen molar-refractivity contribution in [2.45, 2.75) is 15.2 Å². The van der Waals surface area contributed by atoms with Gasteiger partial charge in [0.1, 0.15) is 0 Å². The third-order valence-electron chi connectivity index (χ3n) is 10.2. The first-order chi connectivity index (χ1) is 25.7. The Balaban J connectivity index is 1.12. The number of benzene rings is 7. The van der Waals surface area contributed by atoms with Gasteiger partial charge >= 0.3 is 0 Å². The van der Waals surface area contributed by atoms with E-state index in [9.17, 15) is 5.26 Å². The van der Waals surface area contributed by atoms with Crippen LogP contribution < -0.4 is 0 Å². The second kappa shape index (κ2) is 12.0. The van der Waals surface area contributed by atoms with Gasteiger partial charge in [-0.3, -0.25) is 0 Å². The smallest absolute Gasteiger partial charge is 0.164 e. The highest BCUT2D eigenvalue weighted by Gasteiger charge is 2.50. The Kier molecular flexibility index (Phi) is 6.99. The number of fused-ring (bicyclic) bond motifs is 9. The lowest BCUT2D eigenvalue weighted by atomic mass is 9.67. The van der Waals surface area contributed by atoms with Gasteiger partial charge in [0.15, 0.2) is 17.5 Å². The molecule has 1 spiro atoms. The fourth-order valence-corrected chi connectivity index (χ4v) is 9.07. The van der Waals surface area contributed by atoms with E-state index in [-0.39, 0.29) is 0 Å². The number of rotatable bonds is 4. The molecule has 4 nitrogen and oxygen atoms in total. The molecule has 0 saturated heterocycles. The summed E-state index contributed by atoms with van der Waals surface area (Å²) in [5, 5.41) is 10.0. The summed E-state index contributed by atoms with van der Waals surface area (Å²) in [5.74, 6) is 1.91. The molecule has 242 valence electrons. The van der Waals surface area contributed by atoms with Crippen LogP contribution in [0.4, 0.5) is 0 Å². The number of hydrogen-bond acceptors (Lipinski definition) is 5. The third kappa shape index (κ3) is 4.66. The Morgan fingerprint density at radius 3 is 1.60 bits per heavy atom. The molecule has 52 heavy (non-hydrogen) atoms. The molecular formula is C47H28N4S. The summed E-state index contributed by atoms with van der Waals surface area (Å²) in [4.78, 5) is 17.1. The summed E-state index contributed by atoms with van der Waals surface area (Å²) < 4.78 is 0. The summed E-state index contributed by atoms with van der Waals surface area (Å²) in [7, 11) is 0. The Morgan fingerprint density at radius 1 is 0.404 bits per heavy atom. The van der Waals surface area contributed by atoms with Gasteiger partial charge in [-0.15, -0.1) is 0 Å². The molecule has 1 aliphatic carbocycles. The van der Waals surface area contributed by atoms with Crippen LogP contribution in [0.25, 0.3) is 56.4 Å². The molecule has 0 bridgehead atoms. The molecule has 8 aromatic rings. The van der Waals surface area contributed by atoms with E-state index in [0.29, 0.717) is 23.0 Å². The van der Waals surface area contributed by atoms with E-state index >= 15 is 0 Å². The van der Waals surface area contributed by atoms with E-state index in [2.05, 4.69) is 109 Å². The summed E-state index contributed by atoms with van der Waals surface area (Å²) in [6.07, 6.45) is 0. The average Bonchev–Trinajstić information content (AvgIpc) is 3.51. The van der Waals surface area contributed by atoms with Crippen molar-refractivity contribution >= 4 is 11.8 Å². The van der Waals surface area contributed by atoms with Crippen LogP contribution in [0, 0.1) is 11.3 Å². The molecular weight excluding hydrogens is 653 g/mol. The second-order valence-electron chi connectivity index (χ2n) is 13.1. The molecule has 0 fully saturated rings. The molecule has 10 rings (SSSR count). The molecule has 0 N–H and O–H groups in total. The normalized spacial score (nSPS) is 14.9. The summed E-state index contributed by atoms with van der Waals surface area (Å²) in [6, 6.07) is 61.6. The van der Waals surface area contributed by atoms with Crippen molar-refractivity contribution in [1.29, 1.82) is 5.26 Å². The number of nitrogens with zero attached hydrogens (tertiary/aromatic N) is 4. The highest BCUT2D eigenvalue weighted by Crippen LogP contribution is 2.62. The first kappa shape index (κ1) is 30.2. The van der Waals surface area contributed by atoms with Gasteiger partial charge in [0.2, 0.25) is 0 Å². The topological polar surface area (TPSA) is 62.5 Å². The van der Waals surface area contributed by atoms with Gasteiger partial charge < -0.3 is 0 Å². The van der Waals surface area contributed by atoms with Gasteiger partial charge in [-0.2, -0.15) is 5.26 Å². The van der Waals surface area contributed by atoms with E-state index in [1.807, 2.05) is 66.7 Å². The monoisotopic (exact) mass is 680 g/mol. The van der Waals surface area contributed by atoms with Crippen molar-refractivity contribution in [3.8, 4) is 62.5 Å². The van der Waals surface area contributed by atoms with Crippen LogP contribution in [-0.4, -0.2) is 15.0 Å². The Bertz CT molecular complexity index is 2660. The third-order valence-corrected chi connectivity index (χ3v) is 11.4. The maximum atomic E-state index is 10.0. The minimum Gasteiger partial charge on any atom is -0.208 e. The van der Waals surface area contributed by atoms with Crippen molar-refractivity contribution < 1.29 is 0 Å². The van der Waals surface area contributed by atoms with E-state index in [1.54, 1.807) is 11.8 Å². The van der Waals surface area contributed by atoms with Crippen molar-refractivity contribution in [2.75, 3.05) is 0 Å². The molecule has 7 aromatic carbocycles. The molecule has 2 aliphatic rings. The molecule has 5 heteroatoms.